The van der Waals surface area contributed by atoms with Crippen LogP contribution in [0.15, 0.2) is 16.9 Å². The van der Waals surface area contributed by atoms with Crippen molar-refractivity contribution in [2.24, 2.45) is 0 Å². The van der Waals surface area contributed by atoms with E-state index in [1.54, 1.807) is 20.3 Å². The summed E-state index contributed by atoms with van der Waals surface area (Å²) in [6.07, 6.45) is 0. The molecule has 0 unspecified atom stereocenters. The summed E-state index contributed by atoms with van der Waals surface area (Å²) < 4.78 is 14.1. The van der Waals surface area contributed by atoms with E-state index in [1.165, 1.54) is 0 Å². The fourth-order valence-corrected chi connectivity index (χ4v) is 2.83. The van der Waals surface area contributed by atoms with Crippen molar-refractivity contribution >= 4 is 24.4 Å². The van der Waals surface area contributed by atoms with Gasteiger partial charge in [-0.3, -0.25) is 0 Å². The number of benzene rings is 1. The first-order valence-electron chi connectivity index (χ1n) is 3.99. The SMILES string of the molecule is COc1cc2[se][nH]c(=O)c2cc1OC. The first-order chi connectivity index (χ1) is 6.76. The van der Waals surface area contributed by atoms with Crippen LogP contribution in [0.4, 0.5) is 0 Å². The molecule has 4 nitrogen and oxygen atoms in total. The van der Waals surface area contributed by atoms with Crippen molar-refractivity contribution < 1.29 is 9.47 Å². The average Bonchev–Trinajstić information content (AvgIpc) is 2.58. The normalized spacial score (nSPS) is 10.4. The zero-order valence-corrected chi connectivity index (χ0v) is 9.50. The molecule has 0 aliphatic rings. The molecule has 0 saturated carbocycles. The standard InChI is InChI=1S/C9H9NO3Se/c1-12-6-3-5-8(4-7(6)13-2)14-10-9(5)11/h3-4H,1-2H3,(H,10,11). The van der Waals surface area contributed by atoms with Crippen LogP contribution in [-0.4, -0.2) is 32.9 Å². The molecule has 2 rings (SSSR count). The quantitative estimate of drug-likeness (QED) is 0.803. The summed E-state index contributed by atoms with van der Waals surface area (Å²) in [7, 11) is 3.14. The van der Waals surface area contributed by atoms with Gasteiger partial charge in [-0.2, -0.15) is 0 Å². The van der Waals surface area contributed by atoms with Crippen molar-refractivity contribution in [3.8, 4) is 11.5 Å². The van der Waals surface area contributed by atoms with E-state index in [-0.39, 0.29) is 20.3 Å². The zero-order valence-electron chi connectivity index (χ0n) is 7.79. The van der Waals surface area contributed by atoms with Gasteiger partial charge in [0.2, 0.25) is 0 Å². The Morgan fingerprint density at radius 2 is 1.86 bits per heavy atom. The Morgan fingerprint density at radius 3 is 2.50 bits per heavy atom. The third-order valence-corrected chi connectivity index (χ3v) is 3.76. The second-order valence-corrected chi connectivity index (χ2v) is 4.52. The molecule has 0 fully saturated rings. The molecule has 0 radical (unpaired) electrons. The zero-order chi connectivity index (χ0) is 10.1. The van der Waals surface area contributed by atoms with Crippen molar-refractivity contribution in [3.05, 3.63) is 22.5 Å². The summed E-state index contributed by atoms with van der Waals surface area (Å²) in [5.41, 5.74) is -0.0269. The molecule has 0 aliphatic heterocycles. The number of aromatic nitrogens is 1. The molecule has 1 aromatic heterocycles. The second-order valence-electron chi connectivity index (χ2n) is 2.74. The third kappa shape index (κ3) is 1.34. The number of H-pyrrole nitrogens is 1. The molecule has 1 heterocycles. The van der Waals surface area contributed by atoms with Crippen LogP contribution in [-0.2, 0) is 0 Å². The van der Waals surface area contributed by atoms with Crippen molar-refractivity contribution in [3.63, 3.8) is 0 Å². The Morgan fingerprint density at radius 1 is 1.21 bits per heavy atom. The van der Waals surface area contributed by atoms with E-state index in [0.29, 0.717) is 16.9 Å². The molecular formula is C9H9NO3Se. The van der Waals surface area contributed by atoms with Gasteiger partial charge in [-0.15, -0.1) is 0 Å². The predicted molar refractivity (Wildman–Crippen MR) is 54.6 cm³/mol. The molecule has 0 bridgehead atoms. The number of fused-ring (bicyclic) bond motifs is 1. The maximum absolute atomic E-state index is 11.3. The summed E-state index contributed by atoms with van der Waals surface area (Å²) >= 11 is 0.0198. The molecule has 2 aromatic rings. The molecule has 0 aliphatic carbocycles. The van der Waals surface area contributed by atoms with Crippen LogP contribution in [0.25, 0.3) is 9.65 Å². The average molecular weight is 258 g/mol. The minimum atomic E-state index is -0.0269. The predicted octanol–water partition coefficient (Wildman–Crippen LogP) is 0.602. The summed E-state index contributed by atoms with van der Waals surface area (Å²) in [5.74, 6) is 1.27. The Kier molecular flexibility index (Phi) is 2.35. The molecule has 5 heteroatoms. The number of hydrogen-bond acceptors (Lipinski definition) is 3. The van der Waals surface area contributed by atoms with Crippen molar-refractivity contribution in [2.45, 2.75) is 0 Å². The van der Waals surface area contributed by atoms with Crippen LogP contribution in [0.2, 0.25) is 0 Å². The van der Waals surface area contributed by atoms with Crippen LogP contribution >= 0.6 is 0 Å². The molecule has 1 aromatic carbocycles. The number of aromatic amines is 1. The fraction of sp³-hybridized carbons (Fsp3) is 0.222. The van der Waals surface area contributed by atoms with Gasteiger partial charge in [0.05, 0.1) is 0 Å². The molecule has 1 N–H and O–H groups in total. The first-order valence-corrected chi connectivity index (χ1v) is 5.70. The molecular weight excluding hydrogens is 249 g/mol. The molecule has 0 amide bonds. The topological polar surface area (TPSA) is 51.3 Å². The number of ether oxygens (including phenoxy) is 2. The molecule has 0 atom stereocenters. The van der Waals surface area contributed by atoms with E-state index in [4.69, 9.17) is 9.47 Å². The van der Waals surface area contributed by atoms with Crippen LogP contribution in [0.1, 0.15) is 0 Å². The number of hydrogen-bond donors (Lipinski definition) is 1. The first kappa shape index (κ1) is 9.37. The second kappa shape index (κ2) is 3.52. The summed E-state index contributed by atoms with van der Waals surface area (Å²) in [6, 6.07) is 3.57. The minimum absolute atomic E-state index is 0.0198. The monoisotopic (exact) mass is 259 g/mol. The van der Waals surface area contributed by atoms with Gasteiger partial charge in [0.25, 0.3) is 0 Å². The van der Waals surface area contributed by atoms with E-state index in [0.717, 1.165) is 4.26 Å². The van der Waals surface area contributed by atoms with E-state index in [1.807, 2.05) is 6.07 Å². The van der Waals surface area contributed by atoms with Gasteiger partial charge in [0.15, 0.2) is 0 Å². The van der Waals surface area contributed by atoms with E-state index in [2.05, 4.69) is 3.98 Å². The van der Waals surface area contributed by atoms with Gasteiger partial charge in [-0.05, 0) is 0 Å². The Bertz CT molecular complexity index is 514. The molecule has 74 valence electrons. The Balaban J connectivity index is 2.77. The van der Waals surface area contributed by atoms with Crippen molar-refractivity contribution in [1.82, 2.24) is 3.98 Å². The number of rotatable bonds is 2. The molecule has 0 saturated heterocycles. The van der Waals surface area contributed by atoms with Gasteiger partial charge < -0.3 is 0 Å². The van der Waals surface area contributed by atoms with Crippen molar-refractivity contribution in [1.29, 1.82) is 0 Å². The van der Waals surface area contributed by atoms with E-state index >= 15 is 0 Å². The third-order valence-electron chi connectivity index (χ3n) is 1.98. The van der Waals surface area contributed by atoms with Gasteiger partial charge in [0.1, 0.15) is 0 Å². The van der Waals surface area contributed by atoms with E-state index in [9.17, 15) is 4.79 Å². The summed E-state index contributed by atoms with van der Waals surface area (Å²) in [4.78, 5) is 11.3. The molecule has 14 heavy (non-hydrogen) atoms. The number of nitrogens with one attached hydrogen (secondary N) is 1. The van der Waals surface area contributed by atoms with Crippen LogP contribution < -0.4 is 15.0 Å². The van der Waals surface area contributed by atoms with Gasteiger partial charge >= 0.3 is 86.0 Å². The Labute approximate surface area is 86.4 Å². The van der Waals surface area contributed by atoms with Gasteiger partial charge in [-0.25, -0.2) is 0 Å². The summed E-state index contributed by atoms with van der Waals surface area (Å²) in [5, 5.41) is 0.697. The number of methoxy groups -OCH3 is 2. The fourth-order valence-electron chi connectivity index (χ4n) is 1.28. The summed E-state index contributed by atoms with van der Waals surface area (Å²) in [6.45, 7) is 0. The van der Waals surface area contributed by atoms with Crippen LogP contribution in [0, 0.1) is 0 Å². The Hall–Kier alpha value is -1.19. The van der Waals surface area contributed by atoms with Gasteiger partial charge in [-0.1, -0.05) is 0 Å². The van der Waals surface area contributed by atoms with Crippen LogP contribution in [0.5, 0.6) is 11.5 Å². The maximum atomic E-state index is 11.3. The molecule has 0 spiro atoms. The van der Waals surface area contributed by atoms with Crippen molar-refractivity contribution in [2.75, 3.05) is 14.2 Å². The van der Waals surface area contributed by atoms with Crippen LogP contribution in [0.3, 0.4) is 0 Å². The van der Waals surface area contributed by atoms with Gasteiger partial charge in [0, 0.05) is 0 Å². The van der Waals surface area contributed by atoms with E-state index < -0.39 is 0 Å².